The van der Waals surface area contributed by atoms with Crippen molar-refractivity contribution in [2.45, 2.75) is 64.6 Å². The molecule has 0 heterocycles. The first kappa shape index (κ1) is 20.6. The highest BCUT2D eigenvalue weighted by molar-refractivity contribution is 5.79. The zero-order valence-electron chi connectivity index (χ0n) is 13.2. The van der Waals surface area contributed by atoms with E-state index in [1.54, 1.807) is 0 Å². The van der Waals surface area contributed by atoms with Gasteiger partial charge < -0.3 is 29.4 Å². The van der Waals surface area contributed by atoms with Crippen molar-refractivity contribution < 1.29 is 29.4 Å². The molecule has 4 atom stereocenters. The highest BCUT2D eigenvalue weighted by Crippen LogP contribution is 2.17. The molecule has 0 fully saturated rings. The van der Waals surface area contributed by atoms with E-state index in [-0.39, 0.29) is 24.4 Å². The summed E-state index contributed by atoms with van der Waals surface area (Å²) in [6.45, 7) is 2.74. The number of carbonyl (C=O) groups is 4. The molecular weight excluding hydrogens is 288 g/mol. The van der Waals surface area contributed by atoms with Gasteiger partial charge >= 0.3 is 0 Å². The van der Waals surface area contributed by atoms with Gasteiger partial charge in [-0.05, 0) is 26.7 Å². The quantitative estimate of drug-likeness (QED) is 0.385. The average molecular weight is 314 g/mol. The second kappa shape index (κ2) is 11.2. The molecule has 0 aromatic rings. The van der Waals surface area contributed by atoms with Crippen LogP contribution < -0.4 is 0 Å². The summed E-state index contributed by atoms with van der Waals surface area (Å²) < 4.78 is 0. The molecule has 0 aliphatic carbocycles. The van der Waals surface area contributed by atoms with Gasteiger partial charge in [-0.1, -0.05) is 12.8 Å². The van der Waals surface area contributed by atoms with E-state index in [0.717, 1.165) is 0 Å². The smallest absolute Gasteiger partial charge is 0.130 e. The summed E-state index contributed by atoms with van der Waals surface area (Å²) in [5.74, 6) is -1.68. The molecule has 0 saturated heterocycles. The third kappa shape index (κ3) is 8.79. The maximum atomic E-state index is 11.0. The fraction of sp³-hybridized carbons (Fsp3) is 0.750. The molecule has 22 heavy (non-hydrogen) atoms. The van der Waals surface area contributed by atoms with Gasteiger partial charge in [-0.15, -0.1) is 0 Å². The van der Waals surface area contributed by atoms with E-state index in [1.807, 2.05) is 0 Å². The average Bonchev–Trinajstić information content (AvgIpc) is 2.45. The molecular formula is C16H26O6. The Morgan fingerprint density at radius 2 is 1.14 bits per heavy atom. The van der Waals surface area contributed by atoms with Gasteiger partial charge in [0.25, 0.3) is 0 Å². The molecule has 6 heteroatoms. The van der Waals surface area contributed by atoms with Crippen LogP contribution in [0.25, 0.3) is 0 Å². The number of hydrogen-bond acceptors (Lipinski definition) is 6. The summed E-state index contributed by atoms with van der Waals surface area (Å²) in [6.07, 6.45) is 1.31. The number of hydrogen-bond donors (Lipinski definition) is 2. The van der Waals surface area contributed by atoms with E-state index in [2.05, 4.69) is 0 Å². The molecule has 126 valence electrons. The van der Waals surface area contributed by atoms with Gasteiger partial charge in [0, 0.05) is 24.7 Å². The number of Topliss-reactive ketones (excluding diaryl/α,β-unsaturated/α-hetero) is 2. The molecule has 0 radical (unpaired) electrons. The zero-order chi connectivity index (χ0) is 17.1. The number of unbranched alkanes of at least 4 members (excludes halogenated alkanes) is 1. The number of rotatable bonds is 13. The summed E-state index contributed by atoms with van der Waals surface area (Å²) in [4.78, 5) is 43.6. The number of aliphatic hydroxyl groups excluding tert-OH is 2. The van der Waals surface area contributed by atoms with Crippen LogP contribution in [0.3, 0.4) is 0 Å². The Bertz CT molecular complexity index is 343. The second-order valence-corrected chi connectivity index (χ2v) is 5.83. The van der Waals surface area contributed by atoms with Crippen LogP contribution in [-0.2, 0) is 19.2 Å². The minimum absolute atomic E-state index is 0.0269. The molecule has 4 unspecified atom stereocenters. The van der Waals surface area contributed by atoms with Crippen LogP contribution >= 0.6 is 0 Å². The largest absolute Gasteiger partial charge is 0.392 e. The van der Waals surface area contributed by atoms with Gasteiger partial charge in [0.2, 0.25) is 0 Å². The molecule has 0 saturated carbocycles. The molecule has 0 spiro atoms. The summed E-state index contributed by atoms with van der Waals surface area (Å²) in [5, 5.41) is 19.7. The maximum absolute atomic E-state index is 11.0. The molecule has 6 nitrogen and oxygen atoms in total. The Morgan fingerprint density at radius 1 is 0.818 bits per heavy atom. The molecule has 0 bridgehead atoms. The minimum atomic E-state index is -0.877. The van der Waals surface area contributed by atoms with Crippen LogP contribution in [0.5, 0.6) is 0 Å². The molecule has 0 rings (SSSR count). The lowest BCUT2D eigenvalue weighted by atomic mass is 9.91. The molecule has 0 amide bonds. The topological polar surface area (TPSA) is 109 Å². The number of aldehydes is 2. The van der Waals surface area contributed by atoms with E-state index in [4.69, 9.17) is 0 Å². The summed E-state index contributed by atoms with van der Waals surface area (Å²) in [6, 6.07) is 0. The van der Waals surface area contributed by atoms with Crippen molar-refractivity contribution in [3.63, 3.8) is 0 Å². The zero-order valence-corrected chi connectivity index (χ0v) is 13.2. The molecule has 0 aliphatic heterocycles. The van der Waals surface area contributed by atoms with Crippen molar-refractivity contribution in [3.8, 4) is 0 Å². The van der Waals surface area contributed by atoms with Gasteiger partial charge in [0.1, 0.15) is 24.1 Å². The van der Waals surface area contributed by atoms with Crippen molar-refractivity contribution in [2.24, 2.45) is 11.8 Å². The third-order valence-corrected chi connectivity index (χ3v) is 3.63. The Balaban J connectivity index is 4.09. The summed E-state index contributed by atoms with van der Waals surface area (Å²) in [5.41, 5.74) is 0. The van der Waals surface area contributed by atoms with Gasteiger partial charge in [-0.25, -0.2) is 0 Å². The van der Waals surface area contributed by atoms with Gasteiger partial charge in [-0.3, -0.25) is 0 Å². The lowest BCUT2D eigenvalue weighted by Crippen LogP contribution is -2.25. The normalized spacial score (nSPS) is 16.4. The molecule has 2 N–H and O–H groups in total. The third-order valence-electron chi connectivity index (χ3n) is 3.63. The molecule has 0 aromatic carbocycles. The predicted octanol–water partition coefficient (Wildman–Crippen LogP) is 0.857. The number of aliphatic hydroxyl groups is 2. The van der Waals surface area contributed by atoms with Crippen molar-refractivity contribution in [1.29, 1.82) is 0 Å². The van der Waals surface area contributed by atoms with E-state index in [0.29, 0.717) is 38.3 Å². The SMILES string of the molecule is CC(=O)CC(C=O)C(O)CCCCC(O)C(C=O)CC(C)=O. The Labute approximate surface area is 130 Å². The van der Waals surface area contributed by atoms with Gasteiger partial charge in [0.05, 0.1) is 12.2 Å². The fourth-order valence-corrected chi connectivity index (χ4v) is 2.35. The monoisotopic (exact) mass is 314 g/mol. The standard InChI is InChI=1S/C16H26O6/c1-11(19)7-13(9-17)15(21)5-3-4-6-16(22)14(10-18)8-12(2)20/h9-10,13-16,21-22H,3-8H2,1-2H3. The first-order valence-electron chi connectivity index (χ1n) is 7.57. The fourth-order valence-electron chi connectivity index (χ4n) is 2.35. The van der Waals surface area contributed by atoms with Crippen LogP contribution in [0.15, 0.2) is 0 Å². The van der Waals surface area contributed by atoms with Crippen LogP contribution in [-0.4, -0.2) is 46.6 Å². The minimum Gasteiger partial charge on any atom is -0.392 e. The Morgan fingerprint density at radius 3 is 1.36 bits per heavy atom. The summed E-state index contributed by atoms with van der Waals surface area (Å²) in [7, 11) is 0. The van der Waals surface area contributed by atoms with E-state index >= 15 is 0 Å². The van der Waals surface area contributed by atoms with Crippen LogP contribution in [0.4, 0.5) is 0 Å². The van der Waals surface area contributed by atoms with Gasteiger partial charge in [0.15, 0.2) is 0 Å². The van der Waals surface area contributed by atoms with E-state index in [1.165, 1.54) is 13.8 Å². The number of ketones is 2. The predicted molar refractivity (Wildman–Crippen MR) is 80.2 cm³/mol. The lowest BCUT2D eigenvalue weighted by molar-refractivity contribution is -0.124. The first-order valence-corrected chi connectivity index (χ1v) is 7.57. The van der Waals surface area contributed by atoms with Gasteiger partial charge in [-0.2, -0.15) is 0 Å². The first-order chi connectivity index (χ1) is 10.3. The van der Waals surface area contributed by atoms with Crippen molar-refractivity contribution >= 4 is 24.1 Å². The van der Waals surface area contributed by atoms with Crippen molar-refractivity contribution in [3.05, 3.63) is 0 Å². The number of carbonyl (C=O) groups excluding carboxylic acids is 4. The Hall–Kier alpha value is -1.40. The van der Waals surface area contributed by atoms with Crippen molar-refractivity contribution in [1.82, 2.24) is 0 Å². The molecule has 0 aliphatic rings. The highest BCUT2D eigenvalue weighted by atomic mass is 16.3. The van der Waals surface area contributed by atoms with Crippen molar-refractivity contribution in [2.75, 3.05) is 0 Å². The Kier molecular flexibility index (Phi) is 10.5. The van der Waals surface area contributed by atoms with E-state index in [9.17, 15) is 29.4 Å². The lowest BCUT2D eigenvalue weighted by Gasteiger charge is -2.18. The van der Waals surface area contributed by atoms with Crippen LogP contribution in [0, 0.1) is 11.8 Å². The maximum Gasteiger partial charge on any atom is 0.130 e. The van der Waals surface area contributed by atoms with Crippen LogP contribution in [0.2, 0.25) is 0 Å². The highest BCUT2D eigenvalue weighted by Gasteiger charge is 2.22. The second-order valence-electron chi connectivity index (χ2n) is 5.83. The summed E-state index contributed by atoms with van der Waals surface area (Å²) >= 11 is 0. The van der Waals surface area contributed by atoms with Crippen LogP contribution in [0.1, 0.15) is 52.4 Å². The van der Waals surface area contributed by atoms with E-state index < -0.39 is 24.0 Å². The molecule has 0 aromatic heterocycles.